The molecule has 0 spiro atoms. The van der Waals surface area contributed by atoms with Crippen molar-refractivity contribution in [3.63, 3.8) is 0 Å². The van der Waals surface area contributed by atoms with E-state index in [2.05, 4.69) is 29.1 Å². The fourth-order valence-corrected chi connectivity index (χ4v) is 3.33. The number of rotatable bonds is 4. The summed E-state index contributed by atoms with van der Waals surface area (Å²) in [7, 11) is 2.07. The van der Waals surface area contributed by atoms with Gasteiger partial charge >= 0.3 is 0 Å². The molecule has 94 valence electrons. The maximum atomic E-state index is 3.34. The van der Waals surface area contributed by atoms with Crippen LogP contribution in [-0.2, 0) is 0 Å². The van der Waals surface area contributed by atoms with E-state index in [1.807, 2.05) is 0 Å². The van der Waals surface area contributed by atoms with Gasteiger partial charge in [0.05, 0.1) is 0 Å². The highest BCUT2D eigenvalue weighted by atomic mass is 15.3. The second-order valence-corrected chi connectivity index (χ2v) is 5.30. The molecule has 2 saturated heterocycles. The molecule has 2 unspecified atom stereocenters. The van der Waals surface area contributed by atoms with Crippen molar-refractivity contribution >= 4 is 0 Å². The fourth-order valence-electron chi connectivity index (χ4n) is 3.33. The first-order chi connectivity index (χ1) is 7.85. The van der Waals surface area contributed by atoms with Gasteiger partial charge in [0.1, 0.15) is 0 Å². The van der Waals surface area contributed by atoms with Crippen molar-refractivity contribution in [1.29, 1.82) is 0 Å². The summed E-state index contributed by atoms with van der Waals surface area (Å²) in [4.78, 5) is 5.44. The maximum Gasteiger partial charge on any atom is 0.0223 e. The molecule has 0 bridgehead atoms. The SMILES string of the molecule is CCC(CNC)N1CCCN2CCCC2C1. The van der Waals surface area contributed by atoms with E-state index in [-0.39, 0.29) is 0 Å². The van der Waals surface area contributed by atoms with Gasteiger partial charge in [-0.15, -0.1) is 0 Å². The third-order valence-electron chi connectivity index (χ3n) is 4.26. The lowest BCUT2D eigenvalue weighted by atomic mass is 10.1. The molecule has 0 radical (unpaired) electrons. The van der Waals surface area contributed by atoms with E-state index in [1.165, 1.54) is 51.9 Å². The molecule has 0 aromatic carbocycles. The van der Waals surface area contributed by atoms with Gasteiger partial charge in [0.2, 0.25) is 0 Å². The highest BCUT2D eigenvalue weighted by molar-refractivity contribution is 4.87. The highest BCUT2D eigenvalue weighted by Gasteiger charge is 2.30. The summed E-state index contributed by atoms with van der Waals surface area (Å²) >= 11 is 0. The Balaban J connectivity index is 1.93. The molecule has 0 saturated carbocycles. The average molecular weight is 225 g/mol. The predicted octanol–water partition coefficient (Wildman–Crippen LogP) is 1.15. The number of likely N-dealkylation sites (N-methyl/N-ethyl adjacent to an activating group) is 1. The molecule has 2 aliphatic rings. The largest absolute Gasteiger partial charge is 0.318 e. The summed E-state index contributed by atoms with van der Waals surface area (Å²) in [5.74, 6) is 0. The normalized spacial score (nSPS) is 30.0. The minimum Gasteiger partial charge on any atom is -0.318 e. The number of hydrogen-bond acceptors (Lipinski definition) is 3. The van der Waals surface area contributed by atoms with Crippen LogP contribution in [0, 0.1) is 0 Å². The Kier molecular flexibility index (Phi) is 4.62. The molecular weight excluding hydrogens is 198 g/mol. The molecule has 16 heavy (non-hydrogen) atoms. The zero-order valence-electron chi connectivity index (χ0n) is 10.9. The molecular formula is C13H27N3. The van der Waals surface area contributed by atoms with Crippen molar-refractivity contribution in [1.82, 2.24) is 15.1 Å². The van der Waals surface area contributed by atoms with Crippen molar-refractivity contribution < 1.29 is 0 Å². The van der Waals surface area contributed by atoms with Crippen molar-refractivity contribution in [3.8, 4) is 0 Å². The van der Waals surface area contributed by atoms with Gasteiger partial charge in [-0.3, -0.25) is 9.80 Å². The van der Waals surface area contributed by atoms with Crippen molar-refractivity contribution in [2.24, 2.45) is 0 Å². The third-order valence-corrected chi connectivity index (χ3v) is 4.26. The van der Waals surface area contributed by atoms with E-state index in [1.54, 1.807) is 0 Å². The van der Waals surface area contributed by atoms with Gasteiger partial charge in [0.15, 0.2) is 0 Å². The lowest BCUT2D eigenvalue weighted by molar-refractivity contribution is 0.167. The van der Waals surface area contributed by atoms with Crippen LogP contribution in [-0.4, -0.2) is 61.7 Å². The first kappa shape index (κ1) is 12.3. The number of fused-ring (bicyclic) bond motifs is 1. The van der Waals surface area contributed by atoms with Gasteiger partial charge in [0.25, 0.3) is 0 Å². The Labute approximate surface area is 100 Å². The van der Waals surface area contributed by atoms with Crippen molar-refractivity contribution in [2.75, 3.05) is 39.8 Å². The number of hydrogen-bond donors (Lipinski definition) is 1. The Hall–Kier alpha value is -0.120. The molecule has 2 rings (SSSR count). The molecule has 0 aromatic heterocycles. The van der Waals surface area contributed by atoms with Crippen LogP contribution < -0.4 is 5.32 Å². The van der Waals surface area contributed by atoms with Crippen LogP contribution in [0.3, 0.4) is 0 Å². The van der Waals surface area contributed by atoms with E-state index in [0.717, 1.165) is 18.6 Å². The molecule has 0 aromatic rings. The lowest BCUT2D eigenvalue weighted by Crippen LogP contribution is -2.45. The van der Waals surface area contributed by atoms with Gasteiger partial charge in [-0.2, -0.15) is 0 Å². The van der Waals surface area contributed by atoms with Gasteiger partial charge in [0, 0.05) is 25.2 Å². The molecule has 3 heteroatoms. The smallest absolute Gasteiger partial charge is 0.0223 e. The first-order valence-corrected chi connectivity index (χ1v) is 6.97. The van der Waals surface area contributed by atoms with E-state index in [9.17, 15) is 0 Å². The first-order valence-electron chi connectivity index (χ1n) is 6.97. The summed E-state index contributed by atoms with van der Waals surface area (Å²) in [6.07, 6.45) is 5.47. The van der Waals surface area contributed by atoms with Crippen LogP contribution in [0.25, 0.3) is 0 Å². The molecule has 2 atom stereocenters. The minimum atomic E-state index is 0.741. The molecule has 2 fully saturated rings. The second kappa shape index (κ2) is 5.99. The summed E-state index contributed by atoms with van der Waals surface area (Å²) in [5, 5.41) is 3.34. The van der Waals surface area contributed by atoms with Gasteiger partial charge in [-0.25, -0.2) is 0 Å². The van der Waals surface area contributed by atoms with Gasteiger partial charge < -0.3 is 5.32 Å². The van der Waals surface area contributed by atoms with Crippen LogP contribution >= 0.6 is 0 Å². The zero-order valence-corrected chi connectivity index (χ0v) is 10.9. The standard InChI is InChI=1S/C13H27N3/c1-3-12(10-14-2)16-9-5-8-15-7-4-6-13(15)11-16/h12-14H,3-11H2,1-2H3. The number of nitrogens with one attached hydrogen (secondary N) is 1. The van der Waals surface area contributed by atoms with E-state index >= 15 is 0 Å². The Morgan fingerprint density at radius 1 is 1.25 bits per heavy atom. The molecule has 2 aliphatic heterocycles. The quantitative estimate of drug-likeness (QED) is 0.774. The summed E-state index contributed by atoms with van der Waals surface area (Å²) < 4.78 is 0. The van der Waals surface area contributed by atoms with Crippen LogP contribution in [0.15, 0.2) is 0 Å². The predicted molar refractivity (Wildman–Crippen MR) is 68.8 cm³/mol. The lowest BCUT2D eigenvalue weighted by Gasteiger charge is -2.32. The van der Waals surface area contributed by atoms with Crippen LogP contribution in [0.5, 0.6) is 0 Å². The molecule has 0 aliphatic carbocycles. The van der Waals surface area contributed by atoms with Crippen LogP contribution in [0.4, 0.5) is 0 Å². The Bertz CT molecular complexity index is 207. The van der Waals surface area contributed by atoms with Crippen molar-refractivity contribution in [3.05, 3.63) is 0 Å². The topological polar surface area (TPSA) is 18.5 Å². The molecule has 3 nitrogen and oxygen atoms in total. The molecule has 2 heterocycles. The van der Waals surface area contributed by atoms with Gasteiger partial charge in [-0.05, 0) is 52.4 Å². The zero-order chi connectivity index (χ0) is 11.4. The highest BCUT2D eigenvalue weighted by Crippen LogP contribution is 2.22. The van der Waals surface area contributed by atoms with E-state index < -0.39 is 0 Å². The van der Waals surface area contributed by atoms with Crippen molar-refractivity contribution in [2.45, 2.75) is 44.7 Å². The fraction of sp³-hybridized carbons (Fsp3) is 1.00. The summed E-state index contributed by atoms with van der Waals surface area (Å²) in [6, 6.07) is 1.60. The maximum absolute atomic E-state index is 3.34. The van der Waals surface area contributed by atoms with E-state index in [0.29, 0.717) is 0 Å². The average Bonchev–Trinajstić information content (AvgIpc) is 2.64. The monoisotopic (exact) mass is 225 g/mol. The van der Waals surface area contributed by atoms with Gasteiger partial charge in [-0.1, -0.05) is 6.92 Å². The molecule has 1 N–H and O–H groups in total. The van der Waals surface area contributed by atoms with Crippen LogP contribution in [0.1, 0.15) is 32.6 Å². The van der Waals surface area contributed by atoms with Crippen LogP contribution in [0.2, 0.25) is 0 Å². The third kappa shape index (κ3) is 2.76. The minimum absolute atomic E-state index is 0.741. The van der Waals surface area contributed by atoms with E-state index in [4.69, 9.17) is 0 Å². The summed E-state index contributed by atoms with van der Waals surface area (Å²) in [5.41, 5.74) is 0. The Morgan fingerprint density at radius 2 is 2.06 bits per heavy atom. The Morgan fingerprint density at radius 3 is 2.81 bits per heavy atom. The second-order valence-electron chi connectivity index (χ2n) is 5.30. The summed E-state index contributed by atoms with van der Waals surface area (Å²) in [6.45, 7) is 8.74. The number of nitrogens with zero attached hydrogens (tertiary/aromatic N) is 2. The molecule has 0 amide bonds.